The molecule has 1 rings (SSSR count). The summed E-state index contributed by atoms with van der Waals surface area (Å²) in [6.07, 6.45) is 1.40. The first-order valence-corrected chi connectivity index (χ1v) is 7.13. The van der Waals surface area contributed by atoms with Crippen LogP contribution in [0.3, 0.4) is 0 Å². The minimum atomic E-state index is -1.61. The van der Waals surface area contributed by atoms with Gasteiger partial charge in [-0.2, -0.15) is 0 Å². The van der Waals surface area contributed by atoms with Crippen molar-refractivity contribution in [2.45, 2.75) is 51.6 Å². The summed E-state index contributed by atoms with van der Waals surface area (Å²) in [5.41, 5.74) is -1.61. The summed E-state index contributed by atoms with van der Waals surface area (Å²) in [5.74, 6) is -3.73. The van der Waals surface area contributed by atoms with E-state index >= 15 is 0 Å². The number of aliphatic carboxylic acids is 2. The largest absolute Gasteiger partial charge is 0.481 e. The van der Waals surface area contributed by atoms with Crippen LogP contribution in [0, 0.1) is 17.3 Å². The Hall–Kier alpha value is -1.14. The highest BCUT2D eigenvalue weighted by molar-refractivity contribution is 5.84. The molecule has 0 amide bonds. The van der Waals surface area contributed by atoms with Crippen molar-refractivity contribution in [2.75, 3.05) is 6.61 Å². The monoisotopic (exact) mass is 288 g/mol. The zero-order valence-electron chi connectivity index (χ0n) is 11.8. The molecule has 6 heteroatoms. The maximum absolute atomic E-state index is 11.7. The average Bonchev–Trinajstić information content (AvgIpc) is 2.37. The highest BCUT2D eigenvalue weighted by Gasteiger charge is 2.57. The van der Waals surface area contributed by atoms with E-state index in [0.717, 1.165) is 0 Å². The molecule has 1 aliphatic carbocycles. The number of hydrogen-bond donors (Lipinski definition) is 4. The molecule has 1 fully saturated rings. The molecule has 0 spiro atoms. The summed E-state index contributed by atoms with van der Waals surface area (Å²) in [6.45, 7) is 1.71. The van der Waals surface area contributed by atoms with Crippen molar-refractivity contribution in [3.05, 3.63) is 0 Å². The molecule has 0 saturated heterocycles. The van der Waals surface area contributed by atoms with E-state index in [4.69, 9.17) is 5.11 Å². The van der Waals surface area contributed by atoms with E-state index in [0.29, 0.717) is 25.7 Å². The third-order valence-corrected chi connectivity index (χ3v) is 4.52. The number of rotatable bonds is 7. The van der Waals surface area contributed by atoms with Gasteiger partial charge in [-0.05, 0) is 38.0 Å². The lowest BCUT2D eigenvalue weighted by Gasteiger charge is -2.44. The van der Waals surface area contributed by atoms with Crippen molar-refractivity contribution >= 4 is 11.9 Å². The Morgan fingerprint density at radius 1 is 1.30 bits per heavy atom. The van der Waals surface area contributed by atoms with E-state index in [1.165, 1.54) is 0 Å². The Kier molecular flexibility index (Phi) is 5.95. The van der Waals surface area contributed by atoms with Crippen molar-refractivity contribution < 1.29 is 30.0 Å². The SMILES string of the molecule is CC1CCCC(C(=O)O)(C(O)CCCCO)C1C(=O)O. The van der Waals surface area contributed by atoms with Gasteiger partial charge in [0.25, 0.3) is 0 Å². The second-order valence-electron chi connectivity index (χ2n) is 5.77. The third kappa shape index (κ3) is 3.12. The second-order valence-corrected chi connectivity index (χ2v) is 5.77. The summed E-state index contributed by atoms with van der Waals surface area (Å²) in [7, 11) is 0. The molecule has 0 bridgehead atoms. The molecule has 0 aliphatic heterocycles. The molecular formula is C14H24O6. The van der Waals surface area contributed by atoms with Gasteiger partial charge in [0, 0.05) is 6.61 Å². The maximum atomic E-state index is 11.7. The number of carboxylic acids is 2. The van der Waals surface area contributed by atoms with E-state index in [1.54, 1.807) is 6.92 Å². The van der Waals surface area contributed by atoms with Crippen molar-refractivity contribution in [3.63, 3.8) is 0 Å². The predicted octanol–water partition coefficient (Wildman–Crippen LogP) is 1.10. The van der Waals surface area contributed by atoms with Gasteiger partial charge < -0.3 is 20.4 Å². The first-order valence-electron chi connectivity index (χ1n) is 7.13. The molecule has 0 aromatic rings. The molecule has 6 nitrogen and oxygen atoms in total. The van der Waals surface area contributed by atoms with Crippen LogP contribution in [0.1, 0.15) is 45.4 Å². The number of aliphatic hydroxyl groups is 2. The van der Waals surface area contributed by atoms with Crippen molar-refractivity contribution in [3.8, 4) is 0 Å². The Labute approximate surface area is 118 Å². The standard InChI is InChI=1S/C14H24O6/c1-9-5-4-7-14(13(19)20,11(9)12(17)18)10(16)6-2-3-8-15/h9-11,15-16H,2-8H2,1H3,(H,17,18)(H,19,20). The predicted molar refractivity (Wildman–Crippen MR) is 71.2 cm³/mol. The summed E-state index contributed by atoms with van der Waals surface area (Å²) >= 11 is 0. The molecule has 1 aliphatic rings. The lowest BCUT2D eigenvalue weighted by molar-refractivity contribution is -0.181. The number of unbranched alkanes of at least 4 members (excludes halogenated alkanes) is 1. The van der Waals surface area contributed by atoms with Crippen molar-refractivity contribution in [1.29, 1.82) is 0 Å². The molecule has 4 atom stereocenters. The van der Waals surface area contributed by atoms with Crippen molar-refractivity contribution in [2.24, 2.45) is 17.3 Å². The summed E-state index contributed by atoms with van der Waals surface area (Å²) < 4.78 is 0. The molecule has 0 radical (unpaired) electrons. The van der Waals surface area contributed by atoms with E-state index in [1.807, 2.05) is 0 Å². The fraction of sp³-hybridized carbons (Fsp3) is 0.857. The van der Waals surface area contributed by atoms with E-state index in [2.05, 4.69) is 0 Å². The number of hydrogen-bond acceptors (Lipinski definition) is 4. The third-order valence-electron chi connectivity index (χ3n) is 4.52. The van der Waals surface area contributed by atoms with Gasteiger partial charge in [-0.1, -0.05) is 13.3 Å². The summed E-state index contributed by atoms with van der Waals surface area (Å²) in [4.78, 5) is 23.2. The smallest absolute Gasteiger partial charge is 0.313 e. The van der Waals surface area contributed by atoms with E-state index < -0.39 is 29.4 Å². The van der Waals surface area contributed by atoms with Gasteiger partial charge in [-0.15, -0.1) is 0 Å². The highest BCUT2D eigenvalue weighted by Crippen LogP contribution is 2.48. The van der Waals surface area contributed by atoms with Gasteiger partial charge in [-0.25, -0.2) is 0 Å². The Balaban J connectivity index is 3.03. The number of carbonyl (C=O) groups is 2. The van der Waals surface area contributed by atoms with Crippen LogP contribution in [0.15, 0.2) is 0 Å². The first kappa shape index (κ1) is 16.9. The van der Waals surface area contributed by atoms with Gasteiger partial charge in [0.2, 0.25) is 0 Å². The molecule has 0 heterocycles. The Morgan fingerprint density at radius 2 is 1.95 bits per heavy atom. The Morgan fingerprint density at radius 3 is 2.45 bits per heavy atom. The summed E-state index contributed by atoms with van der Waals surface area (Å²) in [6, 6.07) is 0. The average molecular weight is 288 g/mol. The van der Waals surface area contributed by atoms with Crippen LogP contribution in [0.25, 0.3) is 0 Å². The molecule has 0 aromatic heterocycles. The van der Waals surface area contributed by atoms with Crippen LogP contribution in [-0.4, -0.2) is 45.1 Å². The molecule has 116 valence electrons. The van der Waals surface area contributed by atoms with Gasteiger partial charge in [0.15, 0.2) is 0 Å². The maximum Gasteiger partial charge on any atom is 0.313 e. The van der Waals surface area contributed by atoms with Gasteiger partial charge in [-0.3, -0.25) is 9.59 Å². The minimum Gasteiger partial charge on any atom is -0.481 e. The van der Waals surface area contributed by atoms with Gasteiger partial charge >= 0.3 is 11.9 Å². The topological polar surface area (TPSA) is 115 Å². The summed E-state index contributed by atoms with van der Waals surface area (Å²) in [5, 5.41) is 38.1. The lowest BCUT2D eigenvalue weighted by atomic mass is 9.58. The van der Waals surface area contributed by atoms with Gasteiger partial charge in [0.05, 0.1) is 12.0 Å². The van der Waals surface area contributed by atoms with Crippen molar-refractivity contribution in [1.82, 2.24) is 0 Å². The van der Waals surface area contributed by atoms with Crippen LogP contribution in [-0.2, 0) is 9.59 Å². The van der Waals surface area contributed by atoms with E-state index in [-0.39, 0.29) is 25.4 Å². The van der Waals surface area contributed by atoms with E-state index in [9.17, 15) is 24.9 Å². The zero-order chi connectivity index (χ0) is 15.3. The highest BCUT2D eigenvalue weighted by atomic mass is 16.4. The first-order chi connectivity index (χ1) is 9.37. The molecule has 20 heavy (non-hydrogen) atoms. The molecular weight excluding hydrogens is 264 g/mol. The lowest BCUT2D eigenvalue weighted by Crippen LogP contribution is -2.55. The van der Waals surface area contributed by atoms with Gasteiger partial charge in [0.1, 0.15) is 5.41 Å². The van der Waals surface area contributed by atoms with Crippen LogP contribution >= 0.6 is 0 Å². The Bertz CT molecular complexity index is 356. The fourth-order valence-corrected chi connectivity index (χ4v) is 3.47. The fourth-order valence-electron chi connectivity index (χ4n) is 3.47. The zero-order valence-corrected chi connectivity index (χ0v) is 11.8. The minimum absolute atomic E-state index is 0.0223. The number of aliphatic hydroxyl groups excluding tert-OH is 2. The van der Waals surface area contributed by atoms with Crippen LogP contribution in [0.4, 0.5) is 0 Å². The molecule has 1 saturated carbocycles. The molecule has 4 N–H and O–H groups in total. The normalized spacial score (nSPS) is 31.8. The number of carboxylic acid groups (broad SMARTS) is 2. The quantitative estimate of drug-likeness (QED) is 0.521. The molecule has 4 unspecified atom stereocenters. The van der Waals surface area contributed by atoms with Crippen LogP contribution in [0.2, 0.25) is 0 Å². The van der Waals surface area contributed by atoms with Crippen LogP contribution in [0.5, 0.6) is 0 Å². The van der Waals surface area contributed by atoms with Crippen LogP contribution < -0.4 is 0 Å². The second kappa shape index (κ2) is 7.04. The molecule has 0 aromatic carbocycles.